The predicted octanol–water partition coefficient (Wildman–Crippen LogP) is 2.27. The second kappa shape index (κ2) is 4.73. The van der Waals surface area contributed by atoms with Gasteiger partial charge in [-0.15, -0.1) is 0 Å². The summed E-state index contributed by atoms with van der Waals surface area (Å²) in [7, 11) is 0. The van der Waals surface area contributed by atoms with Crippen molar-refractivity contribution < 1.29 is 15.1 Å². The molecule has 0 radical (unpaired) electrons. The number of hydrogen-bond donors (Lipinski definition) is 0. The van der Waals surface area contributed by atoms with E-state index in [9.17, 15) is 0 Å². The van der Waals surface area contributed by atoms with E-state index >= 15 is 0 Å². The third-order valence-corrected chi connectivity index (χ3v) is 1.08. The molecule has 1 aliphatic rings. The Labute approximate surface area is 79.9 Å². The minimum absolute atomic E-state index is 0.00812. The van der Waals surface area contributed by atoms with Crippen LogP contribution < -0.4 is 0 Å². The van der Waals surface area contributed by atoms with Gasteiger partial charge in [-0.2, -0.15) is 0 Å². The van der Waals surface area contributed by atoms with Gasteiger partial charge in [-0.05, 0) is 38.7 Å². The Kier molecular flexibility index (Phi) is 0.860. The van der Waals surface area contributed by atoms with E-state index in [1.165, 1.54) is 0 Å². The second-order valence-electron chi connectivity index (χ2n) is 1.94. The average molecular weight is 152 g/mol. The average Bonchev–Trinajstić information content (AvgIpc) is 2.26. The third-order valence-electron chi connectivity index (χ3n) is 1.08. The lowest BCUT2D eigenvalue weighted by atomic mass is 10.1. The molecule has 1 heteroatoms. The minimum Gasteiger partial charge on any atom is -0.303 e. The van der Waals surface area contributed by atoms with E-state index in [1.54, 1.807) is 6.92 Å². The minimum atomic E-state index is -3.41. The second-order valence-corrected chi connectivity index (χ2v) is 1.94. The first-order valence-electron chi connectivity index (χ1n) is 8.90. The maximum absolute atomic E-state index is 7.85. The van der Waals surface area contributed by atoms with Crippen LogP contribution in [-0.2, 0) is 0 Å². The van der Waals surface area contributed by atoms with Gasteiger partial charge in [0.2, 0.25) is 0 Å². The van der Waals surface area contributed by atoms with Crippen molar-refractivity contribution in [2.24, 2.45) is 0 Å². The standard InChI is InChI=1S/C9H19N/c1-2-3-7-10-8-5-4-6-9-10/h2-9H2,1H3/i4D2,5D2,6D2,7D,8D2,9D2. The topological polar surface area (TPSA) is 3.24 Å². The Hall–Kier alpha value is -0.0400. The fourth-order valence-corrected chi connectivity index (χ4v) is 0.585. The van der Waals surface area contributed by atoms with Crippen LogP contribution in [0.15, 0.2) is 0 Å². The van der Waals surface area contributed by atoms with E-state index < -0.39 is 38.6 Å². The van der Waals surface area contributed by atoms with E-state index in [1.807, 2.05) is 0 Å². The highest BCUT2D eigenvalue weighted by molar-refractivity contribution is 4.63. The zero-order valence-electron chi connectivity index (χ0n) is 16.9. The highest BCUT2D eigenvalue weighted by Crippen LogP contribution is 2.08. The van der Waals surface area contributed by atoms with Crippen molar-refractivity contribution in [3.8, 4) is 0 Å². The Balaban J connectivity index is 3.58. The lowest BCUT2D eigenvalue weighted by Crippen LogP contribution is -2.30. The molecule has 1 rings (SSSR count). The Bertz CT molecular complexity index is 374. The predicted molar refractivity (Wildman–Crippen MR) is 45.2 cm³/mol. The van der Waals surface area contributed by atoms with Gasteiger partial charge in [-0.1, -0.05) is 19.7 Å². The zero-order chi connectivity index (χ0) is 17.1. The van der Waals surface area contributed by atoms with E-state index in [-0.39, 0.29) is 11.3 Å². The lowest BCUT2D eigenvalue weighted by Gasteiger charge is -2.25. The van der Waals surface area contributed by atoms with Gasteiger partial charge < -0.3 is 4.90 Å². The largest absolute Gasteiger partial charge is 0.303 e. The first-order chi connectivity index (χ1) is 9.10. The van der Waals surface area contributed by atoms with Crippen LogP contribution in [-0.4, -0.2) is 24.4 Å². The molecule has 0 aromatic rings. The molecule has 0 aliphatic carbocycles. The summed E-state index contributed by atoms with van der Waals surface area (Å²) in [5.41, 5.74) is 0. The maximum atomic E-state index is 7.85. The van der Waals surface area contributed by atoms with Crippen LogP contribution in [0.4, 0.5) is 0 Å². The van der Waals surface area contributed by atoms with Crippen LogP contribution in [0.1, 0.15) is 54.0 Å². The van der Waals surface area contributed by atoms with Crippen LogP contribution >= 0.6 is 0 Å². The molecule has 0 aromatic heterocycles. The molecule has 0 saturated carbocycles. The van der Waals surface area contributed by atoms with E-state index in [0.29, 0.717) is 6.42 Å². The van der Waals surface area contributed by atoms with Crippen molar-refractivity contribution >= 4 is 0 Å². The molecule has 1 unspecified atom stereocenters. The Morgan fingerprint density at radius 3 is 2.70 bits per heavy atom. The van der Waals surface area contributed by atoms with Crippen LogP contribution in [0.25, 0.3) is 0 Å². The molecular weight excluding hydrogens is 122 g/mol. The van der Waals surface area contributed by atoms with Gasteiger partial charge in [0.15, 0.2) is 0 Å². The molecule has 1 saturated heterocycles. The molecule has 1 atom stereocenters. The van der Waals surface area contributed by atoms with Gasteiger partial charge >= 0.3 is 0 Å². The summed E-state index contributed by atoms with van der Waals surface area (Å²) in [6, 6.07) is 0. The van der Waals surface area contributed by atoms with Crippen molar-refractivity contribution in [3.05, 3.63) is 0 Å². The molecule has 0 bridgehead atoms. The maximum Gasteiger partial charge on any atom is 0.0431 e. The molecule has 0 aromatic carbocycles. The highest BCUT2D eigenvalue weighted by Gasteiger charge is 2.07. The van der Waals surface area contributed by atoms with Gasteiger partial charge in [-0.3, -0.25) is 0 Å². The van der Waals surface area contributed by atoms with Crippen molar-refractivity contribution in [1.82, 2.24) is 4.90 Å². The molecule has 60 valence electrons. The highest BCUT2D eigenvalue weighted by atomic mass is 15.1. The van der Waals surface area contributed by atoms with Crippen molar-refractivity contribution in [2.45, 2.75) is 38.9 Å². The number of rotatable bonds is 3. The van der Waals surface area contributed by atoms with Crippen LogP contribution in [0.3, 0.4) is 0 Å². The van der Waals surface area contributed by atoms with E-state index in [2.05, 4.69) is 0 Å². The van der Waals surface area contributed by atoms with Gasteiger partial charge in [0.1, 0.15) is 0 Å². The van der Waals surface area contributed by atoms with Gasteiger partial charge in [0.25, 0.3) is 0 Å². The normalized spacial score (nSPS) is 65.9. The van der Waals surface area contributed by atoms with Gasteiger partial charge in [0, 0.05) is 15.1 Å². The monoisotopic (exact) mass is 152 g/mol. The Morgan fingerprint density at radius 2 is 2.10 bits per heavy atom. The van der Waals surface area contributed by atoms with Crippen LogP contribution in [0.5, 0.6) is 0 Å². The molecule has 1 nitrogen and oxygen atoms in total. The molecular formula is C9H19N. The molecule has 1 fully saturated rings. The van der Waals surface area contributed by atoms with Crippen LogP contribution in [0.2, 0.25) is 0 Å². The number of likely N-dealkylation sites (tertiary alicyclic amines) is 1. The molecule has 10 heavy (non-hydrogen) atoms. The molecule has 1 heterocycles. The molecule has 1 aliphatic heterocycles. The number of hydrogen-bond acceptors (Lipinski definition) is 1. The summed E-state index contributed by atoms with van der Waals surface area (Å²) in [6.45, 7) is -6.19. The third kappa shape index (κ3) is 2.70. The summed E-state index contributed by atoms with van der Waals surface area (Å²) < 4.78 is 85.3. The van der Waals surface area contributed by atoms with Gasteiger partial charge in [0.05, 0.1) is 0 Å². The first-order valence-corrected chi connectivity index (χ1v) is 3.32. The summed E-state index contributed by atoms with van der Waals surface area (Å²) in [4.78, 5) is 0.185. The lowest BCUT2D eigenvalue weighted by molar-refractivity contribution is 0.226. The number of piperidine rings is 1. The summed E-state index contributed by atoms with van der Waals surface area (Å²) in [5.74, 6) is 0. The fourth-order valence-electron chi connectivity index (χ4n) is 0.585. The van der Waals surface area contributed by atoms with Crippen molar-refractivity contribution in [2.75, 3.05) is 19.5 Å². The fraction of sp³-hybridized carbons (Fsp3) is 1.00. The quantitative estimate of drug-likeness (QED) is 0.599. The van der Waals surface area contributed by atoms with Gasteiger partial charge in [-0.25, -0.2) is 0 Å². The smallest absolute Gasteiger partial charge is 0.0431 e. The Morgan fingerprint density at radius 1 is 1.40 bits per heavy atom. The van der Waals surface area contributed by atoms with Crippen molar-refractivity contribution in [3.63, 3.8) is 0 Å². The SMILES string of the molecule is [2H]C(CCC)N1C([2H])([2H])C([2H])([2H])C([2H])([2H])C([2H])([2H])C1([2H])[2H]. The molecule has 0 N–H and O–H groups in total. The van der Waals surface area contributed by atoms with E-state index in [4.69, 9.17) is 15.1 Å². The summed E-state index contributed by atoms with van der Waals surface area (Å²) >= 11 is 0. The first kappa shape index (κ1) is 1.82. The summed E-state index contributed by atoms with van der Waals surface area (Å²) in [6.07, 6.45) is -9.66. The molecule has 0 amide bonds. The van der Waals surface area contributed by atoms with E-state index in [0.717, 1.165) is 0 Å². The molecule has 0 spiro atoms. The van der Waals surface area contributed by atoms with Crippen molar-refractivity contribution in [1.29, 1.82) is 0 Å². The zero-order valence-corrected chi connectivity index (χ0v) is 5.94. The summed E-state index contributed by atoms with van der Waals surface area (Å²) in [5, 5.41) is 0. The number of nitrogens with zero attached hydrogens (tertiary/aromatic N) is 1. The van der Waals surface area contributed by atoms with Crippen LogP contribution in [0, 0.1) is 0 Å².